The second-order valence-electron chi connectivity index (χ2n) is 5.71. The molecule has 1 aromatic heterocycles. The van der Waals surface area contributed by atoms with Crippen LogP contribution in [0.5, 0.6) is 0 Å². The number of benzene rings is 1. The molecule has 4 nitrogen and oxygen atoms in total. The molecule has 2 rings (SSSR count). The van der Waals surface area contributed by atoms with Crippen LogP contribution >= 0.6 is 18.7 Å². The largest absolute Gasteiger partial charge is 0.481 e. The maximum atomic E-state index is 12.6. The molecule has 0 aliphatic heterocycles. The minimum Gasteiger partial charge on any atom is -0.481 e. The van der Waals surface area contributed by atoms with Gasteiger partial charge in [-0.15, -0.1) is 0 Å². The van der Waals surface area contributed by atoms with Crippen molar-refractivity contribution in [1.29, 1.82) is 0 Å². The average molecular weight is 352 g/mol. The highest BCUT2D eigenvalue weighted by Gasteiger charge is 2.26. The molecule has 0 radical (unpaired) electrons. The molecular weight excluding hydrogens is 331 g/mol. The van der Waals surface area contributed by atoms with E-state index in [4.69, 9.17) is 5.11 Å². The van der Waals surface area contributed by atoms with Crippen LogP contribution in [0.25, 0.3) is 0 Å². The lowest BCUT2D eigenvalue weighted by molar-refractivity contribution is -0.137. The van der Waals surface area contributed by atoms with E-state index in [2.05, 4.69) is 0 Å². The molecule has 0 fully saturated rings. The lowest BCUT2D eigenvalue weighted by Gasteiger charge is -2.20. The minimum atomic E-state index is -3.32. The first-order chi connectivity index (χ1) is 11.0. The number of hydrogen-bond acceptors (Lipinski definition) is 3. The molecule has 1 aromatic carbocycles. The molecule has 0 saturated heterocycles. The van der Waals surface area contributed by atoms with E-state index in [-0.39, 0.29) is 24.7 Å². The van der Waals surface area contributed by atoms with E-state index >= 15 is 0 Å². The summed E-state index contributed by atoms with van der Waals surface area (Å²) in [5.41, 5.74) is 1.88. The Bertz CT molecular complexity index is 654. The maximum absolute atomic E-state index is 12.6. The highest BCUT2D eigenvalue weighted by molar-refractivity contribution is 7.57. The summed E-state index contributed by atoms with van der Waals surface area (Å²) in [5.74, 6) is -0.898. The van der Waals surface area contributed by atoms with E-state index in [1.54, 1.807) is 11.3 Å². The second kappa shape index (κ2) is 8.44. The van der Waals surface area contributed by atoms with E-state index in [1.807, 2.05) is 47.2 Å². The van der Waals surface area contributed by atoms with Crippen molar-refractivity contribution in [3.05, 3.63) is 58.3 Å². The summed E-state index contributed by atoms with van der Waals surface area (Å²) in [6.45, 7) is 0. The number of carboxylic acids is 1. The van der Waals surface area contributed by atoms with Gasteiger partial charge >= 0.3 is 5.97 Å². The first-order valence-corrected chi connectivity index (χ1v) is 10.5. The van der Waals surface area contributed by atoms with Gasteiger partial charge in [0.25, 0.3) is 0 Å². The molecule has 124 valence electrons. The molecule has 2 N–H and O–H groups in total. The van der Waals surface area contributed by atoms with Crippen molar-refractivity contribution in [2.45, 2.75) is 31.3 Å². The standard InChI is InChI=1S/C17H21O4PS/c18-17(19)8-4-7-15(16-9-10-23-13-16)12-22(20,21)11-14-5-2-1-3-6-14/h1-3,5-6,9-10,13,15H,4,7-8,11-12H2,(H,18,19)(H,20,21). The maximum Gasteiger partial charge on any atom is 0.303 e. The predicted octanol–water partition coefficient (Wildman–Crippen LogP) is 4.56. The zero-order chi connectivity index (χ0) is 16.7. The third-order valence-electron chi connectivity index (χ3n) is 3.74. The first-order valence-electron chi connectivity index (χ1n) is 7.55. The fourth-order valence-electron chi connectivity index (χ4n) is 2.65. The van der Waals surface area contributed by atoms with Gasteiger partial charge in [0.2, 0.25) is 7.37 Å². The normalized spacial score (nSPS) is 15.0. The van der Waals surface area contributed by atoms with E-state index in [0.717, 1.165) is 11.1 Å². The summed E-state index contributed by atoms with van der Waals surface area (Å²) in [5, 5.41) is 12.7. The molecule has 0 aliphatic rings. The quantitative estimate of drug-likeness (QED) is 0.649. The molecule has 1 heterocycles. The molecule has 0 amide bonds. The van der Waals surface area contributed by atoms with Crippen LogP contribution in [-0.4, -0.2) is 22.1 Å². The van der Waals surface area contributed by atoms with Gasteiger partial charge in [0, 0.05) is 18.7 Å². The zero-order valence-electron chi connectivity index (χ0n) is 12.8. The van der Waals surface area contributed by atoms with Gasteiger partial charge in [-0.2, -0.15) is 11.3 Å². The highest BCUT2D eigenvalue weighted by Crippen LogP contribution is 2.49. The van der Waals surface area contributed by atoms with Crippen molar-refractivity contribution in [1.82, 2.24) is 0 Å². The van der Waals surface area contributed by atoms with Crippen molar-refractivity contribution < 1.29 is 19.4 Å². The topological polar surface area (TPSA) is 74.6 Å². The molecule has 2 aromatic rings. The van der Waals surface area contributed by atoms with Gasteiger partial charge in [-0.1, -0.05) is 30.3 Å². The predicted molar refractivity (Wildman–Crippen MR) is 93.4 cm³/mol. The Kier molecular flexibility index (Phi) is 6.58. The molecule has 23 heavy (non-hydrogen) atoms. The summed E-state index contributed by atoms with van der Waals surface area (Å²) in [7, 11) is -3.32. The summed E-state index contributed by atoms with van der Waals surface area (Å²) in [6.07, 6.45) is 1.57. The number of rotatable bonds is 9. The lowest BCUT2D eigenvalue weighted by atomic mass is 9.98. The fraction of sp³-hybridized carbons (Fsp3) is 0.353. The number of carbonyl (C=O) groups is 1. The van der Waals surface area contributed by atoms with Crippen molar-refractivity contribution in [3.8, 4) is 0 Å². The van der Waals surface area contributed by atoms with Gasteiger partial charge in [0.15, 0.2) is 0 Å². The van der Waals surface area contributed by atoms with Crippen LogP contribution in [0.4, 0.5) is 0 Å². The Morgan fingerprint density at radius 3 is 2.57 bits per heavy atom. The van der Waals surface area contributed by atoms with E-state index < -0.39 is 13.3 Å². The Morgan fingerprint density at radius 1 is 1.22 bits per heavy atom. The number of thiophene rings is 1. The van der Waals surface area contributed by atoms with Crippen LogP contribution in [0.1, 0.15) is 36.3 Å². The first kappa shape index (κ1) is 17.9. The summed E-state index contributed by atoms with van der Waals surface area (Å²) in [4.78, 5) is 21.1. The zero-order valence-corrected chi connectivity index (χ0v) is 14.5. The molecule has 0 spiro atoms. The van der Waals surface area contributed by atoms with Crippen molar-refractivity contribution in [3.63, 3.8) is 0 Å². The Morgan fingerprint density at radius 2 is 1.96 bits per heavy atom. The van der Waals surface area contributed by atoms with Crippen LogP contribution < -0.4 is 0 Å². The van der Waals surface area contributed by atoms with E-state index in [1.165, 1.54) is 0 Å². The van der Waals surface area contributed by atoms with Crippen molar-refractivity contribution in [2.75, 3.05) is 6.16 Å². The highest BCUT2D eigenvalue weighted by atomic mass is 32.1. The van der Waals surface area contributed by atoms with E-state index in [0.29, 0.717) is 12.8 Å². The molecular formula is C17H21O4PS. The summed E-state index contributed by atoms with van der Waals surface area (Å²) in [6, 6.07) is 11.3. The SMILES string of the molecule is O=C(O)CCCC(CP(=O)(O)Cc1ccccc1)c1ccsc1. The van der Waals surface area contributed by atoms with Crippen LogP contribution in [0.15, 0.2) is 47.2 Å². The van der Waals surface area contributed by atoms with Crippen LogP contribution in [-0.2, 0) is 15.5 Å². The Balaban J connectivity index is 2.03. The van der Waals surface area contributed by atoms with Gasteiger partial charge in [-0.05, 0) is 46.7 Å². The van der Waals surface area contributed by atoms with E-state index in [9.17, 15) is 14.3 Å². The van der Waals surface area contributed by atoms with Crippen LogP contribution in [0, 0.1) is 0 Å². The Labute approximate surface area is 140 Å². The molecule has 0 bridgehead atoms. The van der Waals surface area contributed by atoms with Gasteiger partial charge < -0.3 is 10.00 Å². The Hall–Kier alpha value is -1.42. The van der Waals surface area contributed by atoms with Crippen LogP contribution in [0.3, 0.4) is 0 Å². The summed E-state index contributed by atoms with van der Waals surface area (Å²) < 4.78 is 12.6. The summed E-state index contributed by atoms with van der Waals surface area (Å²) >= 11 is 1.55. The second-order valence-corrected chi connectivity index (χ2v) is 8.87. The smallest absolute Gasteiger partial charge is 0.303 e. The van der Waals surface area contributed by atoms with Crippen LogP contribution in [0.2, 0.25) is 0 Å². The third-order valence-corrected chi connectivity index (χ3v) is 6.31. The molecule has 0 saturated carbocycles. The minimum absolute atomic E-state index is 0.0693. The molecule has 0 aliphatic carbocycles. The van der Waals surface area contributed by atoms with Gasteiger partial charge in [-0.3, -0.25) is 9.36 Å². The van der Waals surface area contributed by atoms with Crippen molar-refractivity contribution in [2.24, 2.45) is 0 Å². The molecule has 2 unspecified atom stereocenters. The van der Waals surface area contributed by atoms with Crippen molar-refractivity contribution >= 4 is 24.7 Å². The molecule has 2 atom stereocenters. The molecule has 6 heteroatoms. The van der Waals surface area contributed by atoms with Gasteiger partial charge in [-0.25, -0.2) is 0 Å². The van der Waals surface area contributed by atoms with Gasteiger partial charge in [0.05, 0.1) is 0 Å². The van der Waals surface area contributed by atoms with Gasteiger partial charge in [0.1, 0.15) is 0 Å². The lowest BCUT2D eigenvalue weighted by Crippen LogP contribution is -2.07. The average Bonchev–Trinajstić information content (AvgIpc) is 3.00. The fourth-order valence-corrected chi connectivity index (χ4v) is 5.38. The number of hydrogen-bond donors (Lipinski definition) is 2. The number of aliphatic carboxylic acids is 1. The monoisotopic (exact) mass is 352 g/mol. The number of carboxylic acid groups (broad SMARTS) is 1. The third kappa shape index (κ3) is 6.30.